The highest BCUT2D eigenvalue weighted by molar-refractivity contribution is 6.00. The van der Waals surface area contributed by atoms with Gasteiger partial charge in [0, 0.05) is 54.8 Å². The van der Waals surface area contributed by atoms with Crippen LogP contribution in [0.15, 0.2) is 77.4 Å². The molecule has 1 aromatic heterocycles. The largest absolute Gasteiger partial charge is 0.496 e. The number of piperazine rings is 1. The van der Waals surface area contributed by atoms with E-state index in [0.717, 1.165) is 33.2 Å². The van der Waals surface area contributed by atoms with Gasteiger partial charge in [-0.2, -0.15) is 0 Å². The lowest BCUT2D eigenvalue weighted by Crippen LogP contribution is -2.48. The molecular formula is C30H29FN2O3. The maximum Gasteiger partial charge on any atom is 0.246 e. The Morgan fingerprint density at radius 1 is 1.03 bits per heavy atom. The zero-order valence-electron chi connectivity index (χ0n) is 20.8. The van der Waals surface area contributed by atoms with Crippen LogP contribution < -0.4 is 9.64 Å². The number of allylic oxidation sites excluding steroid dienone is 1. The van der Waals surface area contributed by atoms with Crippen LogP contribution >= 0.6 is 0 Å². The number of para-hydroxylation sites is 1. The van der Waals surface area contributed by atoms with E-state index in [-0.39, 0.29) is 11.7 Å². The number of carbonyl (C=O) groups is 1. The standard InChI is InChI=1S/C30H29FN2O3/c1-20-8-10-22(11-9-20)25-19-36-29-18-28(35-3)23(17-24(25)29)21(2)16-30(34)33-14-12-32(13-15-33)27-7-5-4-6-26(27)31/h4-11,16-19H,12-15H2,1-3H3/b21-16+. The predicted molar refractivity (Wildman–Crippen MR) is 142 cm³/mol. The van der Waals surface area contributed by atoms with Gasteiger partial charge in [0.25, 0.3) is 0 Å². The quantitative estimate of drug-likeness (QED) is 0.312. The van der Waals surface area contributed by atoms with Crippen LogP contribution in [-0.2, 0) is 4.79 Å². The Bertz CT molecular complexity index is 1430. The van der Waals surface area contributed by atoms with Gasteiger partial charge in [-0.05, 0) is 43.2 Å². The molecule has 6 heteroatoms. The van der Waals surface area contributed by atoms with Crippen LogP contribution in [0, 0.1) is 12.7 Å². The zero-order chi connectivity index (χ0) is 25.2. The van der Waals surface area contributed by atoms with E-state index in [0.29, 0.717) is 37.6 Å². The number of methoxy groups -OCH3 is 1. The van der Waals surface area contributed by atoms with E-state index in [1.54, 1.807) is 36.5 Å². The summed E-state index contributed by atoms with van der Waals surface area (Å²) in [4.78, 5) is 16.9. The number of hydrogen-bond acceptors (Lipinski definition) is 4. The third-order valence-electron chi connectivity index (χ3n) is 6.81. The highest BCUT2D eigenvalue weighted by Gasteiger charge is 2.22. The Labute approximate surface area is 210 Å². The molecule has 0 bridgehead atoms. The molecule has 1 aliphatic rings. The molecule has 0 N–H and O–H groups in total. The summed E-state index contributed by atoms with van der Waals surface area (Å²) in [6, 6.07) is 19.0. The number of ether oxygens (including phenoxy) is 1. The minimum atomic E-state index is -0.236. The number of nitrogens with zero attached hydrogens (tertiary/aromatic N) is 2. The molecule has 0 unspecified atom stereocenters. The van der Waals surface area contributed by atoms with E-state index in [4.69, 9.17) is 9.15 Å². The van der Waals surface area contributed by atoms with Crippen LogP contribution in [0.3, 0.4) is 0 Å². The normalized spacial score (nSPS) is 14.4. The van der Waals surface area contributed by atoms with Crippen molar-refractivity contribution in [3.8, 4) is 16.9 Å². The summed E-state index contributed by atoms with van der Waals surface area (Å²) in [5.41, 5.74) is 6.23. The highest BCUT2D eigenvalue weighted by Crippen LogP contribution is 2.37. The van der Waals surface area contributed by atoms with Gasteiger partial charge in [-0.1, -0.05) is 42.0 Å². The van der Waals surface area contributed by atoms with Crippen LogP contribution in [0.5, 0.6) is 5.75 Å². The molecule has 4 aromatic rings. The maximum atomic E-state index is 14.2. The van der Waals surface area contributed by atoms with E-state index in [1.807, 2.05) is 30.0 Å². The minimum absolute atomic E-state index is 0.0613. The molecule has 1 aliphatic heterocycles. The van der Waals surface area contributed by atoms with Crippen molar-refractivity contribution < 1.29 is 18.3 Å². The topological polar surface area (TPSA) is 45.9 Å². The number of aryl methyl sites for hydroxylation is 1. The van der Waals surface area contributed by atoms with Crippen molar-refractivity contribution in [3.63, 3.8) is 0 Å². The second-order valence-electron chi connectivity index (χ2n) is 9.16. The lowest BCUT2D eigenvalue weighted by Gasteiger charge is -2.35. The van der Waals surface area contributed by atoms with Gasteiger partial charge >= 0.3 is 0 Å². The van der Waals surface area contributed by atoms with Crippen molar-refractivity contribution in [2.24, 2.45) is 0 Å². The monoisotopic (exact) mass is 484 g/mol. The summed E-state index contributed by atoms with van der Waals surface area (Å²) >= 11 is 0. The molecule has 1 fully saturated rings. The first-order valence-electron chi connectivity index (χ1n) is 12.1. The number of benzene rings is 3. The third-order valence-corrected chi connectivity index (χ3v) is 6.81. The van der Waals surface area contributed by atoms with Crippen molar-refractivity contribution in [2.75, 3.05) is 38.2 Å². The fourth-order valence-corrected chi connectivity index (χ4v) is 4.72. The zero-order valence-corrected chi connectivity index (χ0v) is 20.8. The van der Waals surface area contributed by atoms with E-state index in [9.17, 15) is 9.18 Å². The third kappa shape index (κ3) is 4.59. The van der Waals surface area contributed by atoms with Crippen molar-refractivity contribution in [3.05, 3.63) is 89.9 Å². The van der Waals surface area contributed by atoms with Gasteiger partial charge in [0.05, 0.1) is 19.1 Å². The van der Waals surface area contributed by atoms with Gasteiger partial charge in [-0.25, -0.2) is 4.39 Å². The SMILES string of the molecule is COc1cc2occ(-c3ccc(C)cc3)c2cc1/C(C)=C/C(=O)N1CCN(c2ccccc2F)CC1. The summed E-state index contributed by atoms with van der Waals surface area (Å²) in [6.45, 7) is 6.22. The molecule has 36 heavy (non-hydrogen) atoms. The highest BCUT2D eigenvalue weighted by atomic mass is 19.1. The molecule has 1 amide bonds. The summed E-state index contributed by atoms with van der Waals surface area (Å²) in [7, 11) is 1.62. The Balaban J connectivity index is 1.38. The second kappa shape index (κ2) is 9.90. The minimum Gasteiger partial charge on any atom is -0.496 e. The Morgan fingerprint density at radius 3 is 2.44 bits per heavy atom. The maximum absolute atomic E-state index is 14.2. The van der Waals surface area contributed by atoms with Crippen molar-refractivity contribution >= 4 is 28.1 Å². The van der Waals surface area contributed by atoms with Crippen molar-refractivity contribution in [1.82, 2.24) is 4.90 Å². The first-order valence-corrected chi connectivity index (χ1v) is 12.1. The van der Waals surface area contributed by atoms with Gasteiger partial charge in [-0.15, -0.1) is 0 Å². The molecule has 0 aliphatic carbocycles. The Kier molecular flexibility index (Phi) is 6.51. The number of carbonyl (C=O) groups excluding carboxylic acids is 1. The number of hydrogen-bond donors (Lipinski definition) is 0. The first kappa shape index (κ1) is 23.7. The lowest BCUT2D eigenvalue weighted by molar-refractivity contribution is -0.126. The van der Waals surface area contributed by atoms with E-state index in [2.05, 4.69) is 31.2 Å². The number of rotatable bonds is 5. The molecule has 3 aromatic carbocycles. The Hall–Kier alpha value is -4.06. The first-order chi connectivity index (χ1) is 17.4. The van der Waals surface area contributed by atoms with E-state index >= 15 is 0 Å². The van der Waals surface area contributed by atoms with Gasteiger partial charge < -0.3 is 19.0 Å². The molecule has 5 rings (SSSR count). The van der Waals surface area contributed by atoms with Gasteiger partial charge in [0.2, 0.25) is 5.91 Å². The van der Waals surface area contributed by atoms with Gasteiger partial charge in [-0.3, -0.25) is 4.79 Å². The molecule has 0 saturated carbocycles. The smallest absolute Gasteiger partial charge is 0.246 e. The van der Waals surface area contributed by atoms with E-state index in [1.165, 1.54) is 11.6 Å². The predicted octanol–water partition coefficient (Wildman–Crippen LogP) is 6.31. The van der Waals surface area contributed by atoms with Crippen LogP contribution in [0.4, 0.5) is 10.1 Å². The number of anilines is 1. The molecule has 1 saturated heterocycles. The lowest BCUT2D eigenvalue weighted by atomic mass is 9.98. The Morgan fingerprint density at radius 2 is 1.75 bits per heavy atom. The molecule has 0 atom stereocenters. The van der Waals surface area contributed by atoms with E-state index < -0.39 is 0 Å². The van der Waals surface area contributed by atoms with Crippen molar-refractivity contribution in [2.45, 2.75) is 13.8 Å². The van der Waals surface area contributed by atoms with Crippen molar-refractivity contribution in [1.29, 1.82) is 0 Å². The fourth-order valence-electron chi connectivity index (χ4n) is 4.72. The number of amides is 1. The fraction of sp³-hybridized carbons (Fsp3) is 0.233. The van der Waals surface area contributed by atoms with Gasteiger partial charge in [0.1, 0.15) is 17.1 Å². The number of fused-ring (bicyclic) bond motifs is 1. The average Bonchev–Trinajstić information content (AvgIpc) is 3.31. The molecule has 184 valence electrons. The molecular weight excluding hydrogens is 455 g/mol. The molecule has 0 spiro atoms. The van der Waals surface area contributed by atoms with Crippen LogP contribution in [0.2, 0.25) is 0 Å². The van der Waals surface area contributed by atoms with Gasteiger partial charge in [0.15, 0.2) is 0 Å². The molecule has 2 heterocycles. The second-order valence-corrected chi connectivity index (χ2v) is 9.16. The van der Waals surface area contributed by atoms with Crippen LogP contribution in [0.1, 0.15) is 18.1 Å². The summed E-state index contributed by atoms with van der Waals surface area (Å²) in [5.74, 6) is 0.353. The number of halogens is 1. The number of furan rings is 1. The summed E-state index contributed by atoms with van der Waals surface area (Å²) in [5, 5.41) is 0.966. The summed E-state index contributed by atoms with van der Waals surface area (Å²) in [6.07, 6.45) is 3.42. The summed E-state index contributed by atoms with van der Waals surface area (Å²) < 4.78 is 25.6. The molecule has 0 radical (unpaired) electrons. The van der Waals surface area contributed by atoms with Crippen LogP contribution in [0.25, 0.3) is 27.7 Å². The average molecular weight is 485 g/mol. The van der Waals surface area contributed by atoms with Crippen LogP contribution in [-0.4, -0.2) is 44.1 Å². The molecule has 5 nitrogen and oxygen atoms in total.